The lowest BCUT2D eigenvalue weighted by atomic mass is 9.69. The highest BCUT2D eigenvalue weighted by atomic mass is 14.5. The molecule has 3 aromatic carbocycles. The molecule has 0 nitrogen and oxygen atoms in total. The normalized spacial score (nSPS) is 15.6. The largest absolute Gasteiger partial charge is 0.0873 e. The van der Waals surface area contributed by atoms with Crippen molar-refractivity contribution in [2.24, 2.45) is 0 Å². The second-order valence-electron chi connectivity index (χ2n) is 7.93. The van der Waals surface area contributed by atoms with E-state index in [-0.39, 0.29) is 12.8 Å². The smallest absolute Gasteiger partial charge is 0.0722 e. The van der Waals surface area contributed by atoms with Gasteiger partial charge in [-0.15, -0.1) is 0 Å². The maximum Gasteiger partial charge on any atom is 0.0722 e. The van der Waals surface area contributed by atoms with Crippen molar-refractivity contribution < 1.29 is 0 Å². The molecule has 3 aromatic rings. The quantitative estimate of drug-likeness (QED) is 0.416. The van der Waals surface area contributed by atoms with Gasteiger partial charge in [-0.05, 0) is 72.2 Å². The van der Waals surface area contributed by atoms with Crippen LogP contribution in [0.25, 0.3) is 16.7 Å². The fourth-order valence-corrected chi connectivity index (χ4v) is 5.26. The standard InChI is InChI=1S/C27H24.CH4/c1-5-8-23-19(4)20-9-6-7-10-24(20)27(23)25-15-17(2)11-13-21(25)22-14-12-18(3)16-26(22)27;/h5-16H,1-4H3;1H4/b8-5-;. The Hall–Kier alpha value is -2.86. The summed E-state index contributed by atoms with van der Waals surface area (Å²) in [5, 5.41) is 0. The van der Waals surface area contributed by atoms with Gasteiger partial charge in [-0.25, -0.2) is 0 Å². The van der Waals surface area contributed by atoms with Crippen molar-refractivity contribution in [3.05, 3.63) is 112 Å². The Morgan fingerprint density at radius 2 is 1.25 bits per heavy atom. The summed E-state index contributed by atoms with van der Waals surface area (Å²) in [5.74, 6) is 0. The molecule has 2 aliphatic rings. The fraction of sp³-hybridized carbons (Fsp3) is 0.214. The maximum absolute atomic E-state index is 2.41. The molecular formula is C28H28. The van der Waals surface area contributed by atoms with E-state index in [1.54, 1.807) is 0 Å². The molecule has 5 rings (SSSR count). The highest BCUT2D eigenvalue weighted by Gasteiger charge is 2.51. The van der Waals surface area contributed by atoms with E-state index < -0.39 is 0 Å². The van der Waals surface area contributed by atoms with Crippen LogP contribution in [0, 0.1) is 13.8 Å². The Morgan fingerprint density at radius 3 is 1.82 bits per heavy atom. The van der Waals surface area contributed by atoms with Gasteiger partial charge >= 0.3 is 0 Å². The first-order valence-corrected chi connectivity index (χ1v) is 9.75. The molecule has 1 spiro atoms. The number of benzene rings is 3. The third-order valence-corrected chi connectivity index (χ3v) is 6.32. The summed E-state index contributed by atoms with van der Waals surface area (Å²) in [7, 11) is 0. The van der Waals surface area contributed by atoms with E-state index >= 15 is 0 Å². The van der Waals surface area contributed by atoms with Crippen molar-refractivity contribution in [2.75, 3.05) is 0 Å². The molecule has 0 amide bonds. The van der Waals surface area contributed by atoms with Gasteiger partial charge in [0.15, 0.2) is 0 Å². The summed E-state index contributed by atoms with van der Waals surface area (Å²) in [5.41, 5.74) is 13.7. The van der Waals surface area contributed by atoms with E-state index in [2.05, 4.69) is 101 Å². The fourth-order valence-electron chi connectivity index (χ4n) is 5.26. The second kappa shape index (κ2) is 6.34. The molecular weight excluding hydrogens is 336 g/mol. The van der Waals surface area contributed by atoms with Crippen LogP contribution in [0.1, 0.15) is 54.7 Å². The molecule has 0 bridgehead atoms. The SMILES string of the molecule is C.C/C=C\C1=C(C)c2ccccc2C12c1cc(C)ccc1-c1ccc(C)cc12. The van der Waals surface area contributed by atoms with E-state index in [1.165, 1.54) is 55.7 Å². The molecule has 0 radical (unpaired) electrons. The summed E-state index contributed by atoms with van der Waals surface area (Å²) in [6.45, 7) is 8.82. The lowest BCUT2D eigenvalue weighted by Crippen LogP contribution is -2.27. The van der Waals surface area contributed by atoms with Crippen LogP contribution in [-0.4, -0.2) is 0 Å². The Labute approximate surface area is 169 Å². The van der Waals surface area contributed by atoms with E-state index in [9.17, 15) is 0 Å². The van der Waals surface area contributed by atoms with Gasteiger partial charge in [-0.3, -0.25) is 0 Å². The molecule has 0 saturated heterocycles. The molecule has 0 heterocycles. The average molecular weight is 365 g/mol. The summed E-state index contributed by atoms with van der Waals surface area (Å²) in [4.78, 5) is 0. The third kappa shape index (κ3) is 2.12. The van der Waals surface area contributed by atoms with Crippen LogP contribution < -0.4 is 0 Å². The van der Waals surface area contributed by atoms with Crippen molar-refractivity contribution in [1.29, 1.82) is 0 Å². The van der Waals surface area contributed by atoms with Gasteiger partial charge in [0.05, 0.1) is 5.41 Å². The molecule has 2 aliphatic carbocycles. The molecule has 0 aliphatic heterocycles. The minimum Gasteiger partial charge on any atom is -0.0873 e. The second-order valence-corrected chi connectivity index (χ2v) is 7.93. The van der Waals surface area contributed by atoms with Gasteiger partial charge in [0.1, 0.15) is 0 Å². The van der Waals surface area contributed by atoms with Gasteiger partial charge < -0.3 is 0 Å². The molecule has 0 atom stereocenters. The molecule has 0 saturated carbocycles. The predicted octanol–water partition coefficient (Wildman–Crippen LogP) is 7.62. The minimum absolute atomic E-state index is 0. The van der Waals surface area contributed by atoms with Crippen LogP contribution in [0.5, 0.6) is 0 Å². The van der Waals surface area contributed by atoms with Crippen molar-refractivity contribution in [3.63, 3.8) is 0 Å². The van der Waals surface area contributed by atoms with Crippen LogP contribution in [0.15, 0.2) is 78.4 Å². The molecule has 28 heavy (non-hydrogen) atoms. The number of hydrogen-bond donors (Lipinski definition) is 0. The average Bonchev–Trinajstić information content (AvgIpc) is 3.08. The van der Waals surface area contributed by atoms with Crippen LogP contribution in [0.2, 0.25) is 0 Å². The van der Waals surface area contributed by atoms with Crippen LogP contribution >= 0.6 is 0 Å². The third-order valence-electron chi connectivity index (χ3n) is 6.32. The Morgan fingerprint density at radius 1 is 0.679 bits per heavy atom. The molecule has 0 fully saturated rings. The predicted molar refractivity (Wildman–Crippen MR) is 122 cm³/mol. The summed E-state index contributed by atoms with van der Waals surface area (Å²) in [6, 6.07) is 22.9. The number of allylic oxidation sites excluding steroid dienone is 4. The Balaban J connectivity index is 0.00000192. The highest BCUT2D eigenvalue weighted by molar-refractivity contribution is 5.95. The number of rotatable bonds is 1. The molecule has 0 heteroatoms. The first-order valence-electron chi connectivity index (χ1n) is 9.75. The lowest BCUT2D eigenvalue weighted by Gasteiger charge is -2.32. The number of fused-ring (bicyclic) bond motifs is 7. The van der Waals surface area contributed by atoms with E-state index in [0.29, 0.717) is 0 Å². The molecule has 0 N–H and O–H groups in total. The first kappa shape index (κ1) is 18.5. The van der Waals surface area contributed by atoms with E-state index in [4.69, 9.17) is 0 Å². The van der Waals surface area contributed by atoms with Crippen LogP contribution in [0.4, 0.5) is 0 Å². The van der Waals surface area contributed by atoms with Crippen molar-refractivity contribution in [2.45, 2.75) is 40.5 Å². The summed E-state index contributed by atoms with van der Waals surface area (Å²) >= 11 is 0. The van der Waals surface area contributed by atoms with Crippen molar-refractivity contribution in [3.8, 4) is 11.1 Å². The van der Waals surface area contributed by atoms with Crippen LogP contribution in [0.3, 0.4) is 0 Å². The topological polar surface area (TPSA) is 0 Å². The zero-order chi connectivity index (χ0) is 18.8. The van der Waals surface area contributed by atoms with Crippen molar-refractivity contribution in [1.82, 2.24) is 0 Å². The van der Waals surface area contributed by atoms with Gasteiger partial charge in [-0.2, -0.15) is 0 Å². The zero-order valence-electron chi connectivity index (χ0n) is 16.4. The summed E-state index contributed by atoms with van der Waals surface area (Å²) < 4.78 is 0. The van der Waals surface area contributed by atoms with Gasteiger partial charge in [-0.1, -0.05) is 91.4 Å². The highest BCUT2D eigenvalue weighted by Crippen LogP contribution is 2.62. The van der Waals surface area contributed by atoms with E-state index in [1.807, 2.05) is 0 Å². The van der Waals surface area contributed by atoms with Crippen molar-refractivity contribution >= 4 is 5.57 Å². The monoisotopic (exact) mass is 364 g/mol. The Bertz CT molecular complexity index is 1100. The van der Waals surface area contributed by atoms with E-state index in [0.717, 1.165) is 0 Å². The minimum atomic E-state index is -0.199. The lowest BCUT2D eigenvalue weighted by molar-refractivity contribution is 0.783. The van der Waals surface area contributed by atoms with Gasteiger partial charge in [0.2, 0.25) is 0 Å². The Kier molecular flexibility index (Phi) is 4.19. The zero-order valence-corrected chi connectivity index (χ0v) is 16.4. The van der Waals surface area contributed by atoms with Gasteiger partial charge in [0, 0.05) is 0 Å². The molecule has 0 aromatic heterocycles. The summed E-state index contributed by atoms with van der Waals surface area (Å²) in [6.07, 6.45) is 4.52. The number of aryl methyl sites for hydroxylation is 2. The molecule has 140 valence electrons. The number of hydrogen-bond acceptors (Lipinski definition) is 0. The molecule has 0 unspecified atom stereocenters. The van der Waals surface area contributed by atoms with Crippen LogP contribution in [-0.2, 0) is 5.41 Å². The first-order chi connectivity index (χ1) is 13.1. The van der Waals surface area contributed by atoms with Gasteiger partial charge in [0.25, 0.3) is 0 Å². The maximum atomic E-state index is 2.41.